The first-order valence-electron chi connectivity index (χ1n) is 6.65. The second-order valence-electron chi connectivity index (χ2n) is 4.63. The first-order valence-corrected chi connectivity index (χ1v) is 7.06. The molecule has 0 fully saturated rings. The van der Waals surface area contributed by atoms with Gasteiger partial charge in [-0.2, -0.15) is 0 Å². The number of thiocarbonyl (C=S) groups is 1. The molecule has 1 aromatic heterocycles. The van der Waals surface area contributed by atoms with Crippen LogP contribution in [0.5, 0.6) is 11.5 Å². The number of hydrogen-bond acceptors (Lipinski definition) is 5. The van der Waals surface area contributed by atoms with Gasteiger partial charge in [0.15, 0.2) is 11.5 Å². The van der Waals surface area contributed by atoms with E-state index in [1.807, 2.05) is 30.3 Å². The van der Waals surface area contributed by atoms with Crippen molar-refractivity contribution in [2.45, 2.75) is 6.42 Å². The molecule has 0 bridgehead atoms. The Labute approximate surface area is 128 Å². The van der Waals surface area contributed by atoms with Gasteiger partial charge in [-0.05, 0) is 24.3 Å². The summed E-state index contributed by atoms with van der Waals surface area (Å²) >= 11 is 4.90. The lowest BCUT2D eigenvalue weighted by atomic mass is 10.2. The van der Waals surface area contributed by atoms with Crippen molar-refractivity contribution in [3.63, 3.8) is 0 Å². The van der Waals surface area contributed by atoms with Crippen molar-refractivity contribution in [2.24, 2.45) is 5.73 Å². The Bertz CT molecular complexity index is 658. The van der Waals surface area contributed by atoms with Gasteiger partial charge in [0.05, 0.1) is 13.2 Å². The minimum absolute atomic E-state index is 0.338. The monoisotopic (exact) mass is 301 g/mol. The standard InChI is InChI=1S/C15H15N3O2S/c16-15(21)10-2-5-14(17-9-10)18-11-3-4-12-13(8-11)20-7-1-6-19-12/h2-5,8-9H,1,6-7H2,(H2,16,21)(H,17,18). The van der Waals surface area contributed by atoms with Crippen molar-refractivity contribution >= 4 is 28.7 Å². The molecule has 5 nitrogen and oxygen atoms in total. The minimum atomic E-state index is 0.338. The number of nitrogens with one attached hydrogen (secondary N) is 1. The third-order valence-electron chi connectivity index (χ3n) is 3.07. The van der Waals surface area contributed by atoms with E-state index in [9.17, 15) is 0 Å². The summed E-state index contributed by atoms with van der Waals surface area (Å²) in [5, 5.41) is 3.21. The van der Waals surface area contributed by atoms with Crippen molar-refractivity contribution in [3.8, 4) is 11.5 Å². The molecule has 2 aromatic rings. The number of nitrogens with zero attached hydrogens (tertiary/aromatic N) is 1. The van der Waals surface area contributed by atoms with Crippen LogP contribution in [-0.4, -0.2) is 23.2 Å². The van der Waals surface area contributed by atoms with E-state index in [4.69, 9.17) is 27.4 Å². The van der Waals surface area contributed by atoms with E-state index in [1.54, 1.807) is 6.20 Å². The molecule has 1 aromatic carbocycles. The predicted octanol–water partition coefficient (Wildman–Crippen LogP) is 2.62. The fraction of sp³-hybridized carbons (Fsp3) is 0.200. The van der Waals surface area contributed by atoms with Crippen molar-refractivity contribution in [2.75, 3.05) is 18.5 Å². The largest absolute Gasteiger partial charge is 0.490 e. The first-order chi connectivity index (χ1) is 10.2. The number of nitrogens with two attached hydrogens (primary N) is 1. The van der Waals surface area contributed by atoms with Crippen molar-refractivity contribution < 1.29 is 9.47 Å². The maximum atomic E-state index is 5.66. The zero-order valence-corrected chi connectivity index (χ0v) is 12.2. The van der Waals surface area contributed by atoms with E-state index >= 15 is 0 Å². The normalized spacial score (nSPS) is 13.3. The molecule has 0 radical (unpaired) electrons. The second-order valence-corrected chi connectivity index (χ2v) is 5.07. The number of pyridine rings is 1. The van der Waals surface area contributed by atoms with Gasteiger partial charge in [0, 0.05) is 29.9 Å². The lowest BCUT2D eigenvalue weighted by Crippen LogP contribution is -2.09. The van der Waals surface area contributed by atoms with Gasteiger partial charge in [0.25, 0.3) is 0 Å². The number of anilines is 2. The Morgan fingerprint density at radius 1 is 1.14 bits per heavy atom. The minimum Gasteiger partial charge on any atom is -0.490 e. The molecule has 1 aliphatic rings. The Morgan fingerprint density at radius 3 is 2.67 bits per heavy atom. The predicted molar refractivity (Wildman–Crippen MR) is 85.5 cm³/mol. The second kappa shape index (κ2) is 5.97. The van der Waals surface area contributed by atoms with E-state index in [0.717, 1.165) is 29.2 Å². The SMILES string of the molecule is NC(=S)c1ccc(Nc2ccc3c(c2)OCCCO3)nc1. The summed E-state index contributed by atoms with van der Waals surface area (Å²) in [7, 11) is 0. The third kappa shape index (κ3) is 3.22. The molecule has 2 heterocycles. The smallest absolute Gasteiger partial charge is 0.163 e. The van der Waals surface area contributed by atoms with Gasteiger partial charge in [-0.1, -0.05) is 12.2 Å². The highest BCUT2D eigenvalue weighted by atomic mass is 32.1. The van der Waals surface area contributed by atoms with Gasteiger partial charge in [0.1, 0.15) is 10.8 Å². The molecule has 0 aliphatic carbocycles. The van der Waals surface area contributed by atoms with Crippen LogP contribution in [0.1, 0.15) is 12.0 Å². The Kier molecular flexibility index (Phi) is 3.87. The fourth-order valence-electron chi connectivity index (χ4n) is 2.00. The van der Waals surface area contributed by atoms with E-state index in [2.05, 4.69) is 10.3 Å². The van der Waals surface area contributed by atoms with Crippen LogP contribution < -0.4 is 20.5 Å². The summed E-state index contributed by atoms with van der Waals surface area (Å²) in [5.74, 6) is 2.23. The van der Waals surface area contributed by atoms with Gasteiger partial charge in [0.2, 0.25) is 0 Å². The van der Waals surface area contributed by atoms with Crippen molar-refractivity contribution in [1.82, 2.24) is 4.98 Å². The van der Waals surface area contributed by atoms with Crippen LogP contribution in [0.2, 0.25) is 0 Å². The van der Waals surface area contributed by atoms with Gasteiger partial charge in [-0.25, -0.2) is 4.98 Å². The molecule has 21 heavy (non-hydrogen) atoms. The molecule has 108 valence electrons. The zero-order valence-electron chi connectivity index (χ0n) is 11.3. The Hall–Kier alpha value is -2.34. The lowest BCUT2D eigenvalue weighted by Gasteiger charge is -2.11. The molecule has 0 unspecified atom stereocenters. The summed E-state index contributed by atoms with van der Waals surface area (Å²) < 4.78 is 11.3. The number of fused-ring (bicyclic) bond motifs is 1. The number of hydrogen-bond donors (Lipinski definition) is 2. The maximum Gasteiger partial charge on any atom is 0.163 e. The summed E-state index contributed by atoms with van der Waals surface area (Å²) in [4.78, 5) is 4.61. The van der Waals surface area contributed by atoms with Crippen LogP contribution in [0, 0.1) is 0 Å². The third-order valence-corrected chi connectivity index (χ3v) is 3.30. The zero-order chi connectivity index (χ0) is 14.7. The number of ether oxygens (including phenoxy) is 2. The molecule has 0 saturated heterocycles. The van der Waals surface area contributed by atoms with Gasteiger partial charge in [-0.15, -0.1) is 0 Å². The average Bonchev–Trinajstić information content (AvgIpc) is 2.72. The highest BCUT2D eigenvalue weighted by Crippen LogP contribution is 2.33. The van der Waals surface area contributed by atoms with E-state index in [-0.39, 0.29) is 0 Å². The quantitative estimate of drug-likeness (QED) is 0.849. The summed E-state index contributed by atoms with van der Waals surface area (Å²) in [5.41, 5.74) is 7.18. The highest BCUT2D eigenvalue weighted by Gasteiger charge is 2.10. The molecule has 3 rings (SSSR count). The number of aromatic nitrogens is 1. The van der Waals surface area contributed by atoms with Crippen molar-refractivity contribution in [3.05, 3.63) is 42.1 Å². The molecule has 0 atom stereocenters. The van der Waals surface area contributed by atoms with Crippen LogP contribution >= 0.6 is 12.2 Å². The maximum absolute atomic E-state index is 5.66. The Balaban J connectivity index is 1.78. The summed E-state index contributed by atoms with van der Waals surface area (Å²) in [6.07, 6.45) is 2.53. The van der Waals surface area contributed by atoms with Gasteiger partial charge >= 0.3 is 0 Å². The number of rotatable bonds is 3. The molecule has 6 heteroatoms. The molecule has 0 spiro atoms. The topological polar surface area (TPSA) is 69.4 Å². The van der Waals surface area contributed by atoms with Crippen LogP contribution in [0.4, 0.5) is 11.5 Å². The molecular formula is C15H15N3O2S. The molecule has 0 saturated carbocycles. The summed E-state index contributed by atoms with van der Waals surface area (Å²) in [6.45, 7) is 1.35. The van der Waals surface area contributed by atoms with Gasteiger partial charge < -0.3 is 20.5 Å². The van der Waals surface area contributed by atoms with Crippen LogP contribution in [0.25, 0.3) is 0 Å². The number of benzene rings is 1. The highest BCUT2D eigenvalue weighted by molar-refractivity contribution is 7.80. The van der Waals surface area contributed by atoms with Gasteiger partial charge in [-0.3, -0.25) is 0 Å². The molecular weight excluding hydrogens is 286 g/mol. The first kappa shape index (κ1) is 13.6. The van der Waals surface area contributed by atoms with Crippen LogP contribution in [0.3, 0.4) is 0 Å². The molecule has 1 aliphatic heterocycles. The van der Waals surface area contributed by atoms with Crippen molar-refractivity contribution in [1.29, 1.82) is 0 Å². The Morgan fingerprint density at radius 2 is 1.95 bits per heavy atom. The molecule has 0 amide bonds. The molecule has 3 N–H and O–H groups in total. The van der Waals surface area contributed by atoms with E-state index in [0.29, 0.717) is 24.0 Å². The van der Waals surface area contributed by atoms with Crippen LogP contribution in [-0.2, 0) is 0 Å². The van der Waals surface area contributed by atoms with Crippen LogP contribution in [0.15, 0.2) is 36.5 Å². The fourth-order valence-corrected chi connectivity index (χ4v) is 2.12. The van der Waals surface area contributed by atoms with E-state index in [1.165, 1.54) is 0 Å². The lowest BCUT2D eigenvalue weighted by molar-refractivity contribution is 0.297. The van der Waals surface area contributed by atoms with E-state index < -0.39 is 0 Å². The summed E-state index contributed by atoms with van der Waals surface area (Å²) in [6, 6.07) is 9.39. The average molecular weight is 301 g/mol.